The number of hydrogen-bond acceptors (Lipinski definition) is 1. The zero-order valence-electron chi connectivity index (χ0n) is 9.40. The summed E-state index contributed by atoms with van der Waals surface area (Å²) in [5, 5.41) is 9.73. The van der Waals surface area contributed by atoms with Gasteiger partial charge in [0, 0.05) is 10.6 Å². The SMILES string of the molecule is N#C/C(=C/c1ccc(Cl)cc1)c1ccccc1F. The van der Waals surface area contributed by atoms with E-state index in [0.29, 0.717) is 10.6 Å². The first-order chi connectivity index (χ1) is 8.70. The molecule has 0 saturated heterocycles. The third kappa shape index (κ3) is 2.77. The highest BCUT2D eigenvalue weighted by atomic mass is 35.5. The normalized spacial score (nSPS) is 11.1. The van der Waals surface area contributed by atoms with E-state index < -0.39 is 5.82 Å². The molecule has 18 heavy (non-hydrogen) atoms. The maximum absolute atomic E-state index is 13.6. The molecule has 0 unspecified atom stereocenters. The van der Waals surface area contributed by atoms with Crippen LogP contribution in [0.5, 0.6) is 0 Å². The quantitative estimate of drug-likeness (QED) is 0.572. The van der Waals surface area contributed by atoms with E-state index in [0.717, 1.165) is 5.56 Å². The van der Waals surface area contributed by atoms with Crippen molar-refractivity contribution in [3.63, 3.8) is 0 Å². The van der Waals surface area contributed by atoms with Gasteiger partial charge in [-0.1, -0.05) is 41.9 Å². The first kappa shape index (κ1) is 12.3. The zero-order valence-corrected chi connectivity index (χ0v) is 10.2. The largest absolute Gasteiger partial charge is 0.206 e. The molecule has 0 aliphatic heterocycles. The van der Waals surface area contributed by atoms with Gasteiger partial charge in [-0.2, -0.15) is 5.26 Å². The first-order valence-electron chi connectivity index (χ1n) is 5.33. The molecule has 88 valence electrons. The number of hydrogen-bond donors (Lipinski definition) is 0. The minimum Gasteiger partial charge on any atom is -0.206 e. The Labute approximate surface area is 110 Å². The van der Waals surface area contributed by atoms with E-state index in [1.165, 1.54) is 6.07 Å². The number of halogens is 2. The van der Waals surface area contributed by atoms with E-state index in [1.54, 1.807) is 48.5 Å². The van der Waals surface area contributed by atoms with Gasteiger partial charge < -0.3 is 0 Å². The Kier molecular flexibility index (Phi) is 3.76. The van der Waals surface area contributed by atoms with E-state index in [1.807, 2.05) is 6.07 Å². The first-order valence-corrected chi connectivity index (χ1v) is 5.71. The van der Waals surface area contributed by atoms with Crippen LogP contribution in [0.3, 0.4) is 0 Å². The summed E-state index contributed by atoms with van der Waals surface area (Å²) >= 11 is 5.78. The minimum atomic E-state index is -0.403. The summed E-state index contributed by atoms with van der Waals surface area (Å²) in [5.41, 5.74) is 1.39. The highest BCUT2D eigenvalue weighted by Gasteiger charge is 2.06. The van der Waals surface area contributed by atoms with Gasteiger partial charge in [-0.15, -0.1) is 0 Å². The van der Waals surface area contributed by atoms with E-state index in [2.05, 4.69) is 0 Å². The van der Waals surface area contributed by atoms with Crippen molar-refractivity contribution in [3.8, 4) is 6.07 Å². The second-order valence-corrected chi connectivity index (χ2v) is 4.14. The van der Waals surface area contributed by atoms with Crippen LogP contribution in [0.15, 0.2) is 48.5 Å². The fraction of sp³-hybridized carbons (Fsp3) is 0. The van der Waals surface area contributed by atoms with Crippen LogP contribution >= 0.6 is 11.6 Å². The molecule has 0 radical (unpaired) electrons. The molecule has 0 aromatic heterocycles. The molecular weight excluding hydrogens is 249 g/mol. The molecule has 0 aliphatic rings. The number of nitriles is 1. The van der Waals surface area contributed by atoms with Crippen molar-refractivity contribution in [1.29, 1.82) is 5.26 Å². The van der Waals surface area contributed by atoms with E-state index in [-0.39, 0.29) is 5.57 Å². The molecular formula is C15H9ClFN. The summed E-state index contributed by atoms with van der Waals surface area (Å²) in [4.78, 5) is 0. The van der Waals surface area contributed by atoms with Gasteiger partial charge in [0.1, 0.15) is 5.82 Å². The lowest BCUT2D eigenvalue weighted by Crippen LogP contribution is -1.87. The smallest absolute Gasteiger partial charge is 0.131 e. The van der Waals surface area contributed by atoms with Crippen LogP contribution in [0.2, 0.25) is 5.02 Å². The summed E-state index contributed by atoms with van der Waals surface area (Å²) < 4.78 is 13.6. The van der Waals surface area contributed by atoms with Crippen molar-refractivity contribution in [2.45, 2.75) is 0 Å². The predicted octanol–water partition coefficient (Wildman–Crippen LogP) is 4.54. The average molecular weight is 258 g/mol. The van der Waals surface area contributed by atoms with Crippen molar-refractivity contribution < 1.29 is 4.39 Å². The van der Waals surface area contributed by atoms with Crippen molar-refractivity contribution in [2.75, 3.05) is 0 Å². The van der Waals surface area contributed by atoms with Gasteiger partial charge >= 0.3 is 0 Å². The lowest BCUT2D eigenvalue weighted by atomic mass is 10.0. The van der Waals surface area contributed by atoms with Gasteiger partial charge in [0.25, 0.3) is 0 Å². The van der Waals surface area contributed by atoms with Crippen LogP contribution in [0.1, 0.15) is 11.1 Å². The highest BCUT2D eigenvalue weighted by Crippen LogP contribution is 2.21. The number of nitrogens with zero attached hydrogens (tertiary/aromatic N) is 1. The van der Waals surface area contributed by atoms with Gasteiger partial charge in [-0.25, -0.2) is 4.39 Å². The molecule has 0 fully saturated rings. The third-order valence-electron chi connectivity index (χ3n) is 2.47. The van der Waals surface area contributed by atoms with Crippen LogP contribution in [0.25, 0.3) is 11.6 Å². The predicted molar refractivity (Wildman–Crippen MR) is 71.3 cm³/mol. The fourth-order valence-electron chi connectivity index (χ4n) is 1.58. The van der Waals surface area contributed by atoms with E-state index in [4.69, 9.17) is 16.9 Å². The highest BCUT2D eigenvalue weighted by molar-refractivity contribution is 6.30. The molecule has 2 aromatic rings. The Hall–Kier alpha value is -2.11. The molecule has 2 rings (SSSR count). The topological polar surface area (TPSA) is 23.8 Å². The number of allylic oxidation sites excluding steroid dienone is 1. The summed E-state index contributed by atoms with van der Waals surface area (Å²) in [7, 11) is 0. The fourth-order valence-corrected chi connectivity index (χ4v) is 1.70. The van der Waals surface area contributed by atoms with Gasteiger partial charge in [0.2, 0.25) is 0 Å². The van der Waals surface area contributed by atoms with Gasteiger partial charge in [0.15, 0.2) is 0 Å². The maximum atomic E-state index is 13.6. The number of rotatable bonds is 2. The van der Waals surface area contributed by atoms with Gasteiger partial charge in [0.05, 0.1) is 11.6 Å². The Balaban J connectivity index is 2.44. The molecule has 0 amide bonds. The van der Waals surface area contributed by atoms with Crippen LogP contribution in [0, 0.1) is 17.1 Å². The molecule has 0 heterocycles. The summed E-state index contributed by atoms with van der Waals surface area (Å²) in [5.74, 6) is -0.403. The molecule has 0 aliphatic carbocycles. The second kappa shape index (κ2) is 5.48. The molecule has 2 aromatic carbocycles. The van der Waals surface area contributed by atoms with Crippen molar-refractivity contribution in [3.05, 3.63) is 70.5 Å². The molecule has 0 saturated carbocycles. The molecule has 0 atom stereocenters. The van der Waals surface area contributed by atoms with Crippen LogP contribution in [0.4, 0.5) is 4.39 Å². The summed E-state index contributed by atoms with van der Waals surface area (Å²) in [6.45, 7) is 0. The standard InChI is InChI=1S/C15H9ClFN/c16-13-7-5-11(6-8-13)9-12(10-18)14-3-1-2-4-15(14)17/h1-9H/b12-9-. The van der Waals surface area contributed by atoms with E-state index >= 15 is 0 Å². The van der Waals surface area contributed by atoms with Gasteiger partial charge in [-0.05, 0) is 29.8 Å². The molecule has 0 spiro atoms. The molecule has 0 N–H and O–H groups in total. The summed E-state index contributed by atoms with van der Waals surface area (Å²) in [6, 6.07) is 15.2. The maximum Gasteiger partial charge on any atom is 0.131 e. The Morgan fingerprint density at radius 2 is 1.78 bits per heavy atom. The summed E-state index contributed by atoms with van der Waals surface area (Å²) in [6.07, 6.45) is 1.63. The molecule has 0 bridgehead atoms. The third-order valence-corrected chi connectivity index (χ3v) is 2.72. The van der Waals surface area contributed by atoms with Crippen LogP contribution in [-0.2, 0) is 0 Å². The van der Waals surface area contributed by atoms with Crippen molar-refractivity contribution >= 4 is 23.3 Å². The molecule has 3 heteroatoms. The van der Waals surface area contributed by atoms with Crippen molar-refractivity contribution in [1.82, 2.24) is 0 Å². The second-order valence-electron chi connectivity index (χ2n) is 3.70. The van der Waals surface area contributed by atoms with Crippen LogP contribution in [-0.4, -0.2) is 0 Å². The minimum absolute atomic E-state index is 0.287. The Morgan fingerprint density at radius 3 is 2.39 bits per heavy atom. The zero-order chi connectivity index (χ0) is 13.0. The average Bonchev–Trinajstić information content (AvgIpc) is 2.39. The lowest BCUT2D eigenvalue weighted by Gasteiger charge is -2.01. The number of benzene rings is 2. The Morgan fingerprint density at radius 1 is 1.11 bits per heavy atom. The molecule has 1 nitrogen and oxygen atoms in total. The van der Waals surface area contributed by atoms with Crippen LogP contribution < -0.4 is 0 Å². The van der Waals surface area contributed by atoms with Gasteiger partial charge in [-0.3, -0.25) is 0 Å². The monoisotopic (exact) mass is 257 g/mol. The van der Waals surface area contributed by atoms with E-state index in [9.17, 15) is 4.39 Å². The Bertz CT molecular complexity index is 624. The lowest BCUT2D eigenvalue weighted by molar-refractivity contribution is 0.624. The van der Waals surface area contributed by atoms with Crippen molar-refractivity contribution in [2.24, 2.45) is 0 Å².